The molecule has 4 heteroatoms. The summed E-state index contributed by atoms with van der Waals surface area (Å²) < 4.78 is 4.70. The SMILES string of the molecule is COC(CCN)C(N)=O. The standard InChI is InChI=1S/C5H12N2O2/c1-9-4(2-3-6)5(7)8/h4H,2-3,6H2,1H3,(H2,7,8). The summed E-state index contributed by atoms with van der Waals surface area (Å²) in [7, 11) is 1.44. The summed E-state index contributed by atoms with van der Waals surface area (Å²) in [6, 6.07) is 0. The van der Waals surface area contributed by atoms with Crippen molar-refractivity contribution in [3.05, 3.63) is 0 Å². The highest BCUT2D eigenvalue weighted by Crippen LogP contribution is 1.92. The lowest BCUT2D eigenvalue weighted by Crippen LogP contribution is -2.32. The highest BCUT2D eigenvalue weighted by Gasteiger charge is 2.11. The second-order valence-corrected chi connectivity index (χ2v) is 1.70. The van der Waals surface area contributed by atoms with Crippen LogP contribution in [0.15, 0.2) is 0 Å². The third-order valence-corrected chi connectivity index (χ3v) is 1.03. The van der Waals surface area contributed by atoms with Crippen LogP contribution in [0.4, 0.5) is 0 Å². The summed E-state index contributed by atoms with van der Waals surface area (Å²) >= 11 is 0. The zero-order valence-corrected chi connectivity index (χ0v) is 5.46. The van der Waals surface area contributed by atoms with E-state index in [0.717, 1.165) is 0 Å². The Morgan fingerprint density at radius 2 is 2.33 bits per heavy atom. The summed E-state index contributed by atoms with van der Waals surface area (Å²) in [4.78, 5) is 10.4. The molecule has 0 saturated carbocycles. The van der Waals surface area contributed by atoms with Crippen LogP contribution in [-0.2, 0) is 9.53 Å². The lowest BCUT2D eigenvalue weighted by Gasteiger charge is -2.07. The van der Waals surface area contributed by atoms with Crippen LogP contribution in [0.25, 0.3) is 0 Å². The zero-order valence-electron chi connectivity index (χ0n) is 5.46. The Morgan fingerprint density at radius 3 is 2.44 bits per heavy atom. The third kappa shape index (κ3) is 3.05. The number of hydrogen-bond acceptors (Lipinski definition) is 3. The van der Waals surface area contributed by atoms with Crippen molar-refractivity contribution in [2.45, 2.75) is 12.5 Å². The van der Waals surface area contributed by atoms with Gasteiger partial charge in [0.2, 0.25) is 5.91 Å². The second kappa shape index (κ2) is 4.29. The fraction of sp³-hybridized carbons (Fsp3) is 0.800. The minimum Gasteiger partial charge on any atom is -0.372 e. The van der Waals surface area contributed by atoms with Gasteiger partial charge in [0.25, 0.3) is 0 Å². The van der Waals surface area contributed by atoms with E-state index in [-0.39, 0.29) is 0 Å². The van der Waals surface area contributed by atoms with Crippen molar-refractivity contribution in [2.24, 2.45) is 11.5 Å². The van der Waals surface area contributed by atoms with Crippen LogP contribution >= 0.6 is 0 Å². The first-order valence-electron chi connectivity index (χ1n) is 2.74. The minimum atomic E-state index is -0.519. The van der Waals surface area contributed by atoms with Gasteiger partial charge in [-0.15, -0.1) is 0 Å². The quantitative estimate of drug-likeness (QED) is 0.506. The topological polar surface area (TPSA) is 78.3 Å². The molecule has 0 radical (unpaired) electrons. The van der Waals surface area contributed by atoms with Crippen LogP contribution in [0.5, 0.6) is 0 Å². The van der Waals surface area contributed by atoms with E-state index in [1.165, 1.54) is 7.11 Å². The van der Waals surface area contributed by atoms with Crippen molar-refractivity contribution >= 4 is 5.91 Å². The Labute approximate surface area is 54.2 Å². The fourth-order valence-corrected chi connectivity index (χ4v) is 0.528. The maximum Gasteiger partial charge on any atom is 0.246 e. The van der Waals surface area contributed by atoms with E-state index >= 15 is 0 Å². The van der Waals surface area contributed by atoms with E-state index in [0.29, 0.717) is 13.0 Å². The van der Waals surface area contributed by atoms with Crippen molar-refractivity contribution in [1.82, 2.24) is 0 Å². The number of carbonyl (C=O) groups excluding carboxylic acids is 1. The molecule has 0 fully saturated rings. The number of ether oxygens (including phenoxy) is 1. The maximum absolute atomic E-state index is 10.4. The van der Waals surface area contributed by atoms with E-state index in [4.69, 9.17) is 16.2 Å². The van der Waals surface area contributed by atoms with Gasteiger partial charge in [-0.3, -0.25) is 4.79 Å². The van der Waals surface area contributed by atoms with Crippen LogP contribution in [-0.4, -0.2) is 25.7 Å². The highest BCUT2D eigenvalue weighted by atomic mass is 16.5. The van der Waals surface area contributed by atoms with Gasteiger partial charge < -0.3 is 16.2 Å². The number of amides is 1. The first kappa shape index (κ1) is 8.39. The predicted octanol–water partition coefficient (Wildman–Crippen LogP) is -1.16. The Kier molecular flexibility index (Phi) is 4.00. The van der Waals surface area contributed by atoms with Gasteiger partial charge in [0.05, 0.1) is 0 Å². The average molecular weight is 132 g/mol. The van der Waals surface area contributed by atoms with Crippen molar-refractivity contribution in [2.75, 3.05) is 13.7 Å². The van der Waals surface area contributed by atoms with Crippen molar-refractivity contribution in [3.63, 3.8) is 0 Å². The summed E-state index contributed by atoms with van der Waals surface area (Å²) in [5.74, 6) is -0.456. The van der Waals surface area contributed by atoms with Gasteiger partial charge in [-0.2, -0.15) is 0 Å². The molecule has 0 aliphatic carbocycles. The maximum atomic E-state index is 10.4. The monoisotopic (exact) mass is 132 g/mol. The fourth-order valence-electron chi connectivity index (χ4n) is 0.528. The van der Waals surface area contributed by atoms with E-state index < -0.39 is 12.0 Å². The molecule has 0 aromatic heterocycles. The van der Waals surface area contributed by atoms with Gasteiger partial charge in [0, 0.05) is 7.11 Å². The molecule has 0 bridgehead atoms. The van der Waals surface area contributed by atoms with Crippen LogP contribution in [0.3, 0.4) is 0 Å². The number of nitrogens with two attached hydrogens (primary N) is 2. The van der Waals surface area contributed by atoms with Crippen molar-refractivity contribution in [1.29, 1.82) is 0 Å². The Bertz CT molecular complexity index is 95.0. The summed E-state index contributed by atoms with van der Waals surface area (Å²) in [6.07, 6.45) is -0.0266. The van der Waals surface area contributed by atoms with Crippen LogP contribution in [0.2, 0.25) is 0 Å². The molecule has 1 amide bonds. The van der Waals surface area contributed by atoms with Gasteiger partial charge in [-0.1, -0.05) is 0 Å². The van der Waals surface area contributed by atoms with Crippen LogP contribution in [0, 0.1) is 0 Å². The molecule has 9 heavy (non-hydrogen) atoms. The van der Waals surface area contributed by atoms with Gasteiger partial charge in [-0.05, 0) is 13.0 Å². The summed E-state index contributed by atoms with van der Waals surface area (Å²) in [6.45, 7) is 0.418. The molecule has 54 valence electrons. The molecule has 4 nitrogen and oxygen atoms in total. The van der Waals surface area contributed by atoms with Crippen molar-refractivity contribution in [3.8, 4) is 0 Å². The average Bonchev–Trinajstić information content (AvgIpc) is 1.82. The normalized spacial score (nSPS) is 13.1. The molecular weight excluding hydrogens is 120 g/mol. The summed E-state index contributed by atoms with van der Waals surface area (Å²) in [5, 5.41) is 0. The first-order chi connectivity index (χ1) is 4.22. The first-order valence-corrected chi connectivity index (χ1v) is 2.74. The molecule has 0 rings (SSSR count). The van der Waals surface area contributed by atoms with Gasteiger partial charge in [0.15, 0.2) is 0 Å². The molecule has 0 spiro atoms. The molecule has 0 aliphatic heterocycles. The third-order valence-electron chi connectivity index (χ3n) is 1.03. The minimum absolute atomic E-state index is 0.418. The molecule has 1 unspecified atom stereocenters. The van der Waals surface area contributed by atoms with E-state index in [1.54, 1.807) is 0 Å². The Hall–Kier alpha value is -0.610. The summed E-state index contributed by atoms with van der Waals surface area (Å²) in [5.41, 5.74) is 10.1. The zero-order chi connectivity index (χ0) is 7.28. The van der Waals surface area contributed by atoms with E-state index in [2.05, 4.69) is 0 Å². The van der Waals surface area contributed by atoms with Crippen molar-refractivity contribution < 1.29 is 9.53 Å². The smallest absolute Gasteiger partial charge is 0.246 e. The molecule has 0 heterocycles. The largest absolute Gasteiger partial charge is 0.372 e. The molecule has 1 atom stereocenters. The second-order valence-electron chi connectivity index (χ2n) is 1.70. The van der Waals surface area contributed by atoms with E-state index in [9.17, 15) is 4.79 Å². The van der Waals surface area contributed by atoms with Gasteiger partial charge in [0.1, 0.15) is 6.10 Å². The molecule has 0 aromatic rings. The number of rotatable bonds is 4. The number of carbonyl (C=O) groups is 1. The number of primary amides is 1. The number of hydrogen-bond donors (Lipinski definition) is 2. The van der Waals surface area contributed by atoms with Crippen LogP contribution < -0.4 is 11.5 Å². The molecule has 0 aliphatic rings. The molecule has 0 saturated heterocycles. The molecular formula is C5H12N2O2. The highest BCUT2D eigenvalue weighted by molar-refractivity contribution is 5.78. The molecule has 4 N–H and O–H groups in total. The predicted molar refractivity (Wildman–Crippen MR) is 33.7 cm³/mol. The van der Waals surface area contributed by atoms with Crippen LogP contribution in [0.1, 0.15) is 6.42 Å². The van der Waals surface area contributed by atoms with Gasteiger partial charge in [-0.25, -0.2) is 0 Å². The molecule has 0 aromatic carbocycles. The Balaban J connectivity index is 3.54. The Morgan fingerprint density at radius 1 is 1.78 bits per heavy atom. The lowest BCUT2D eigenvalue weighted by molar-refractivity contribution is -0.127. The van der Waals surface area contributed by atoms with E-state index in [1.807, 2.05) is 0 Å². The lowest BCUT2D eigenvalue weighted by atomic mass is 10.2. The van der Waals surface area contributed by atoms with Gasteiger partial charge >= 0.3 is 0 Å². The number of methoxy groups -OCH3 is 1.